The number of hydrogen-bond acceptors (Lipinski definition) is 9. The summed E-state index contributed by atoms with van der Waals surface area (Å²) >= 11 is 3.46. The Kier molecular flexibility index (Phi) is 5.98. The van der Waals surface area contributed by atoms with E-state index in [-0.39, 0.29) is 41.3 Å². The number of rotatable bonds is 4. The van der Waals surface area contributed by atoms with Crippen molar-refractivity contribution >= 4 is 39.2 Å². The van der Waals surface area contributed by atoms with Gasteiger partial charge in [0.05, 0.1) is 5.69 Å². The number of nitrogen functional groups attached to an aromatic ring is 2. The average molecular weight is 507 g/mol. The molecule has 0 radical (unpaired) electrons. The van der Waals surface area contributed by atoms with Crippen molar-refractivity contribution in [3.63, 3.8) is 0 Å². The fourth-order valence-electron chi connectivity index (χ4n) is 3.41. The largest absolute Gasteiger partial charge is 0.489 e. The van der Waals surface area contributed by atoms with E-state index in [2.05, 4.69) is 36.5 Å². The zero-order valence-corrected chi connectivity index (χ0v) is 18.5. The number of nitrogens with one attached hydrogen (secondary N) is 2. The van der Waals surface area contributed by atoms with E-state index in [1.54, 1.807) is 30.3 Å². The van der Waals surface area contributed by atoms with Crippen molar-refractivity contribution in [3.05, 3.63) is 75.0 Å². The predicted molar refractivity (Wildman–Crippen MR) is 124 cm³/mol. The number of fused-ring (bicyclic) bond motifs is 1. The summed E-state index contributed by atoms with van der Waals surface area (Å²) in [5.41, 5.74) is 14.2. The topological polar surface area (TPSA) is 158 Å². The van der Waals surface area contributed by atoms with Crippen LogP contribution in [0.3, 0.4) is 0 Å². The molecule has 9 nitrogen and oxygen atoms in total. The Bertz CT molecular complexity index is 1340. The second-order valence-electron chi connectivity index (χ2n) is 7.00. The quantitative estimate of drug-likeness (QED) is 0.308. The molecule has 0 aliphatic carbocycles. The van der Waals surface area contributed by atoms with E-state index in [0.29, 0.717) is 16.9 Å². The Labute approximate surface area is 196 Å². The van der Waals surface area contributed by atoms with Crippen molar-refractivity contribution in [2.24, 2.45) is 4.99 Å². The lowest BCUT2D eigenvalue weighted by atomic mass is 9.94. The van der Waals surface area contributed by atoms with Gasteiger partial charge in [0.25, 0.3) is 0 Å². The third-order valence-corrected chi connectivity index (χ3v) is 5.42. The van der Waals surface area contributed by atoms with Gasteiger partial charge in [-0.3, -0.25) is 5.32 Å². The van der Waals surface area contributed by atoms with Crippen LogP contribution in [-0.4, -0.2) is 10.9 Å². The monoisotopic (exact) mass is 506 g/mol. The smallest absolute Gasteiger partial charge is 0.211 e. The van der Waals surface area contributed by atoms with Crippen molar-refractivity contribution in [2.75, 3.05) is 16.8 Å². The lowest BCUT2D eigenvalue weighted by molar-refractivity contribution is 0.302. The second-order valence-corrected chi connectivity index (χ2v) is 7.91. The molecule has 1 aromatic heterocycles. The van der Waals surface area contributed by atoms with Gasteiger partial charge < -0.3 is 21.5 Å². The van der Waals surface area contributed by atoms with Crippen molar-refractivity contribution in [3.8, 4) is 18.0 Å². The van der Waals surface area contributed by atoms with E-state index in [0.717, 1.165) is 10.0 Å². The number of benzene rings is 2. The third-order valence-electron chi connectivity index (χ3n) is 4.93. The summed E-state index contributed by atoms with van der Waals surface area (Å²) in [5.74, 6) is 0.508. The van der Waals surface area contributed by atoms with Crippen LogP contribution in [0.25, 0.3) is 0 Å². The number of ether oxygens (including phenoxy) is 1. The minimum Gasteiger partial charge on any atom is -0.489 e. The maximum Gasteiger partial charge on any atom is 0.211 e. The van der Waals surface area contributed by atoms with E-state index >= 15 is 0 Å². The van der Waals surface area contributed by atoms with Crippen LogP contribution in [0.1, 0.15) is 28.3 Å². The third kappa shape index (κ3) is 4.35. The molecule has 0 fully saturated rings. The average Bonchev–Trinajstić information content (AvgIpc) is 2.79. The van der Waals surface area contributed by atoms with Crippen molar-refractivity contribution < 1.29 is 9.13 Å². The molecule has 1 aliphatic heterocycles. The maximum atomic E-state index is 13.2. The Morgan fingerprint density at radius 1 is 1.18 bits per heavy atom. The molecule has 0 bridgehead atoms. The first kappa shape index (κ1) is 21.9. The maximum absolute atomic E-state index is 13.2. The molecule has 6 N–H and O–H groups in total. The molecule has 1 unspecified atom stereocenters. The summed E-state index contributed by atoms with van der Waals surface area (Å²) in [6, 6.07) is 12.5. The number of anilines is 3. The van der Waals surface area contributed by atoms with Crippen LogP contribution in [0.5, 0.6) is 5.75 Å². The molecule has 0 amide bonds. The van der Waals surface area contributed by atoms with Crippen LogP contribution in [0.4, 0.5) is 21.7 Å². The van der Waals surface area contributed by atoms with Gasteiger partial charge >= 0.3 is 0 Å². The number of nitrogens with two attached hydrogens (primary N) is 2. The van der Waals surface area contributed by atoms with Crippen LogP contribution in [0, 0.1) is 28.6 Å². The van der Waals surface area contributed by atoms with Crippen molar-refractivity contribution in [1.82, 2.24) is 10.3 Å². The SMILES string of the molecule is N#CNC1=NC(c2cc(Br)ccc2OCc2ccc(F)cc2)c2c(nc(N)c(C#N)c2N)N1. The number of aliphatic imine (C=N–C) groups is 1. The van der Waals surface area contributed by atoms with Crippen LogP contribution in [0.2, 0.25) is 0 Å². The molecule has 33 heavy (non-hydrogen) atoms. The molecule has 164 valence electrons. The van der Waals surface area contributed by atoms with Gasteiger partial charge in [0.15, 0.2) is 6.19 Å². The molecule has 4 rings (SSSR count). The summed E-state index contributed by atoms with van der Waals surface area (Å²) < 4.78 is 20.0. The Morgan fingerprint density at radius 3 is 2.64 bits per heavy atom. The van der Waals surface area contributed by atoms with E-state index in [4.69, 9.17) is 21.5 Å². The number of pyridine rings is 1. The summed E-state index contributed by atoms with van der Waals surface area (Å²) in [6.45, 7) is 0.179. The van der Waals surface area contributed by atoms with E-state index in [1.807, 2.05) is 12.3 Å². The summed E-state index contributed by atoms with van der Waals surface area (Å²) in [7, 11) is 0. The van der Waals surface area contributed by atoms with E-state index < -0.39 is 6.04 Å². The number of nitriles is 2. The number of nitrogens with zero attached hydrogens (tertiary/aromatic N) is 4. The summed E-state index contributed by atoms with van der Waals surface area (Å²) in [4.78, 5) is 8.82. The molecule has 0 saturated heterocycles. The zero-order valence-electron chi connectivity index (χ0n) is 16.9. The molecular weight excluding hydrogens is 491 g/mol. The highest BCUT2D eigenvalue weighted by atomic mass is 79.9. The molecule has 2 heterocycles. The standard InChI is InChI=1S/C22H16BrFN8O/c23-12-3-6-16(33-9-11-1-4-13(24)5-2-11)14(7-12)19-17-18(27)15(8-25)20(28)31-21(17)32-22(30-19)29-10-26/h1-7,19H,9H2,(H6,27,28,29,30,31,32). The fourth-order valence-corrected chi connectivity index (χ4v) is 3.79. The second kappa shape index (κ2) is 9.02. The number of hydrogen-bond donors (Lipinski definition) is 4. The van der Waals surface area contributed by atoms with Crippen molar-refractivity contribution in [1.29, 1.82) is 10.5 Å². The van der Waals surface area contributed by atoms with Gasteiger partial charge in [-0.15, -0.1) is 0 Å². The Balaban J connectivity index is 1.82. The lowest BCUT2D eigenvalue weighted by Gasteiger charge is -2.27. The number of aromatic nitrogens is 1. The van der Waals surface area contributed by atoms with E-state index in [9.17, 15) is 9.65 Å². The lowest BCUT2D eigenvalue weighted by Crippen LogP contribution is -2.33. The number of halogens is 2. The Hall–Kier alpha value is -4.35. The predicted octanol–water partition coefficient (Wildman–Crippen LogP) is 3.54. The summed E-state index contributed by atoms with van der Waals surface area (Å²) in [6.07, 6.45) is 1.81. The van der Waals surface area contributed by atoms with Gasteiger partial charge in [0, 0.05) is 15.6 Å². The normalized spacial score (nSPS) is 14.2. The molecule has 1 atom stereocenters. The highest BCUT2D eigenvalue weighted by Gasteiger charge is 2.31. The highest BCUT2D eigenvalue weighted by molar-refractivity contribution is 9.10. The van der Waals surface area contributed by atoms with Gasteiger partial charge in [-0.2, -0.15) is 10.5 Å². The first-order valence-corrected chi connectivity index (χ1v) is 10.4. The molecule has 11 heteroatoms. The van der Waals surface area contributed by atoms with Crippen molar-refractivity contribution in [2.45, 2.75) is 12.6 Å². The van der Waals surface area contributed by atoms with Gasteiger partial charge in [-0.05, 0) is 35.9 Å². The molecular formula is C22H16BrFN8O. The number of guanidine groups is 1. The van der Waals surface area contributed by atoms with Gasteiger partial charge in [-0.25, -0.2) is 14.4 Å². The minimum atomic E-state index is -0.766. The van der Waals surface area contributed by atoms with E-state index in [1.165, 1.54) is 12.1 Å². The molecule has 0 spiro atoms. The van der Waals surface area contributed by atoms with Gasteiger partial charge in [0.2, 0.25) is 5.96 Å². The van der Waals surface area contributed by atoms with Crippen LogP contribution in [0.15, 0.2) is 51.9 Å². The molecule has 3 aromatic rings. The Morgan fingerprint density at radius 2 is 1.94 bits per heavy atom. The minimum absolute atomic E-state index is 0.0382. The molecule has 2 aromatic carbocycles. The summed E-state index contributed by atoms with van der Waals surface area (Å²) in [5, 5.41) is 23.9. The zero-order chi connectivity index (χ0) is 23.5. The fraction of sp³-hybridized carbons (Fsp3) is 0.0909. The van der Waals surface area contributed by atoms with Crippen LogP contribution in [-0.2, 0) is 6.61 Å². The molecule has 0 saturated carbocycles. The highest BCUT2D eigenvalue weighted by Crippen LogP contribution is 2.44. The van der Waals surface area contributed by atoms with Gasteiger partial charge in [-0.1, -0.05) is 28.1 Å². The van der Waals surface area contributed by atoms with Crippen LogP contribution >= 0.6 is 15.9 Å². The molecule has 1 aliphatic rings. The van der Waals surface area contributed by atoms with Gasteiger partial charge in [0.1, 0.15) is 47.5 Å². The first-order valence-electron chi connectivity index (χ1n) is 9.56. The van der Waals surface area contributed by atoms with Crippen LogP contribution < -0.4 is 26.8 Å². The first-order chi connectivity index (χ1) is 15.9.